The summed E-state index contributed by atoms with van der Waals surface area (Å²) in [5.41, 5.74) is 5.65. The molecule has 3 heteroatoms. The van der Waals surface area contributed by atoms with Gasteiger partial charge in [-0.2, -0.15) is 0 Å². The lowest BCUT2D eigenvalue weighted by Crippen LogP contribution is -2.32. The highest BCUT2D eigenvalue weighted by atomic mass is 16.2. The Morgan fingerprint density at radius 2 is 2.00 bits per heavy atom. The molecule has 0 radical (unpaired) electrons. The quantitative estimate of drug-likeness (QED) is 0.788. The number of carbonyl (C=O) groups is 1. The van der Waals surface area contributed by atoms with Crippen molar-refractivity contribution < 1.29 is 4.79 Å². The number of hydrogen-bond acceptors (Lipinski definition) is 2. The van der Waals surface area contributed by atoms with Crippen LogP contribution in [0.3, 0.4) is 0 Å². The van der Waals surface area contributed by atoms with Crippen molar-refractivity contribution in [3.63, 3.8) is 0 Å². The van der Waals surface area contributed by atoms with E-state index in [-0.39, 0.29) is 0 Å². The van der Waals surface area contributed by atoms with Crippen molar-refractivity contribution in [3.8, 4) is 0 Å². The van der Waals surface area contributed by atoms with Gasteiger partial charge in [0, 0.05) is 19.5 Å². The number of carbonyl (C=O) groups excluding carboxylic acids is 1. The number of nitrogens with two attached hydrogens (primary N) is 1. The Labute approximate surface area is 98.4 Å². The maximum Gasteiger partial charge on any atom is 0.222 e. The van der Waals surface area contributed by atoms with Crippen LogP contribution in [-0.4, -0.2) is 30.4 Å². The van der Waals surface area contributed by atoms with Gasteiger partial charge in [-0.05, 0) is 37.1 Å². The van der Waals surface area contributed by atoms with Gasteiger partial charge in [0.25, 0.3) is 0 Å². The van der Waals surface area contributed by atoms with E-state index in [1.54, 1.807) is 0 Å². The highest BCUT2D eigenvalue weighted by Gasteiger charge is 2.37. The van der Waals surface area contributed by atoms with Crippen LogP contribution < -0.4 is 5.73 Å². The van der Waals surface area contributed by atoms with Gasteiger partial charge >= 0.3 is 0 Å². The van der Waals surface area contributed by atoms with Crippen LogP contribution >= 0.6 is 0 Å². The van der Waals surface area contributed by atoms with Crippen molar-refractivity contribution in [2.45, 2.75) is 39.0 Å². The molecule has 0 aromatic carbocycles. The van der Waals surface area contributed by atoms with E-state index < -0.39 is 0 Å². The van der Waals surface area contributed by atoms with Gasteiger partial charge in [-0.25, -0.2) is 0 Å². The van der Waals surface area contributed by atoms with Crippen LogP contribution in [0.1, 0.15) is 39.0 Å². The molecule has 3 nitrogen and oxygen atoms in total. The lowest BCUT2D eigenvalue weighted by atomic mass is 10.0. The van der Waals surface area contributed by atoms with E-state index in [2.05, 4.69) is 11.8 Å². The molecule has 1 saturated heterocycles. The first-order chi connectivity index (χ1) is 7.74. The predicted octanol–water partition coefficient (Wildman–Crippen LogP) is 1.62. The highest BCUT2D eigenvalue weighted by molar-refractivity contribution is 5.76. The smallest absolute Gasteiger partial charge is 0.222 e. The van der Waals surface area contributed by atoms with Gasteiger partial charge in [0.2, 0.25) is 5.91 Å². The van der Waals surface area contributed by atoms with E-state index in [1.165, 1.54) is 19.3 Å². The average Bonchev–Trinajstić information content (AvgIpc) is 2.85. The summed E-state index contributed by atoms with van der Waals surface area (Å²) in [4.78, 5) is 14.2. The number of likely N-dealkylation sites (tertiary alicyclic amines) is 1. The minimum absolute atomic E-state index is 0.340. The molecule has 3 atom stereocenters. The fourth-order valence-electron chi connectivity index (χ4n) is 3.21. The fourth-order valence-corrected chi connectivity index (χ4v) is 3.21. The number of nitrogens with zero attached hydrogens (tertiary/aromatic N) is 1. The maximum atomic E-state index is 12.1. The molecule has 2 N–H and O–H groups in total. The molecule has 16 heavy (non-hydrogen) atoms. The van der Waals surface area contributed by atoms with Crippen molar-refractivity contribution in [3.05, 3.63) is 0 Å². The maximum absolute atomic E-state index is 12.1. The summed E-state index contributed by atoms with van der Waals surface area (Å²) in [6, 6.07) is 0. The molecule has 0 bridgehead atoms. The minimum atomic E-state index is 0.340. The number of hydrogen-bond donors (Lipinski definition) is 1. The molecule has 1 aliphatic carbocycles. The summed E-state index contributed by atoms with van der Waals surface area (Å²) in [7, 11) is 0. The Balaban J connectivity index is 1.82. The van der Waals surface area contributed by atoms with Crippen LogP contribution in [0.2, 0.25) is 0 Å². The molecule has 1 saturated carbocycles. The Kier molecular flexibility index (Phi) is 3.85. The Morgan fingerprint density at radius 3 is 2.50 bits per heavy atom. The topological polar surface area (TPSA) is 46.3 Å². The third-order valence-corrected chi connectivity index (χ3v) is 4.45. The summed E-state index contributed by atoms with van der Waals surface area (Å²) in [6.07, 6.45) is 5.72. The van der Waals surface area contributed by atoms with Crippen LogP contribution in [0.25, 0.3) is 0 Å². The molecule has 0 aromatic rings. The first kappa shape index (κ1) is 11.9. The van der Waals surface area contributed by atoms with E-state index in [9.17, 15) is 4.79 Å². The zero-order valence-corrected chi connectivity index (χ0v) is 10.3. The number of amides is 1. The zero-order valence-electron chi connectivity index (χ0n) is 10.3. The normalized spacial score (nSPS) is 30.5. The second kappa shape index (κ2) is 5.17. The van der Waals surface area contributed by atoms with Gasteiger partial charge < -0.3 is 10.6 Å². The lowest BCUT2D eigenvalue weighted by Gasteiger charge is -2.20. The third kappa shape index (κ3) is 2.40. The molecule has 2 aliphatic rings. The van der Waals surface area contributed by atoms with Crippen LogP contribution in [0.15, 0.2) is 0 Å². The number of fused-ring (bicyclic) bond motifs is 1. The van der Waals surface area contributed by atoms with Gasteiger partial charge in [-0.1, -0.05) is 19.8 Å². The second-order valence-corrected chi connectivity index (χ2v) is 5.46. The van der Waals surface area contributed by atoms with Crippen LogP contribution in [-0.2, 0) is 4.79 Å². The van der Waals surface area contributed by atoms with Crippen molar-refractivity contribution in [1.82, 2.24) is 4.90 Å². The second-order valence-electron chi connectivity index (χ2n) is 5.46. The van der Waals surface area contributed by atoms with E-state index in [1.807, 2.05) is 0 Å². The average molecular weight is 224 g/mol. The Morgan fingerprint density at radius 1 is 1.38 bits per heavy atom. The Hall–Kier alpha value is -0.570. The summed E-state index contributed by atoms with van der Waals surface area (Å²) < 4.78 is 0. The van der Waals surface area contributed by atoms with E-state index >= 15 is 0 Å². The molecule has 2 fully saturated rings. The van der Waals surface area contributed by atoms with E-state index in [4.69, 9.17) is 5.73 Å². The molecule has 0 spiro atoms. The summed E-state index contributed by atoms with van der Waals surface area (Å²) in [5, 5.41) is 0. The van der Waals surface area contributed by atoms with Crippen molar-refractivity contribution in [1.29, 1.82) is 0 Å². The van der Waals surface area contributed by atoms with Crippen LogP contribution in [0, 0.1) is 17.8 Å². The van der Waals surface area contributed by atoms with Gasteiger partial charge in [0.05, 0.1) is 0 Å². The van der Waals surface area contributed by atoms with Gasteiger partial charge in [0.15, 0.2) is 0 Å². The lowest BCUT2D eigenvalue weighted by molar-refractivity contribution is -0.131. The molecule has 0 aromatic heterocycles. The van der Waals surface area contributed by atoms with Crippen LogP contribution in [0.4, 0.5) is 0 Å². The van der Waals surface area contributed by atoms with Crippen molar-refractivity contribution in [2.75, 3.05) is 19.6 Å². The third-order valence-electron chi connectivity index (χ3n) is 4.45. The SMILES string of the molecule is CCC(CN)CC(=O)N1CC2CCCC2C1. The summed E-state index contributed by atoms with van der Waals surface area (Å²) in [5.74, 6) is 2.34. The van der Waals surface area contributed by atoms with Crippen molar-refractivity contribution in [2.24, 2.45) is 23.5 Å². The zero-order chi connectivity index (χ0) is 11.5. The molecule has 1 heterocycles. The summed E-state index contributed by atoms with van der Waals surface area (Å²) >= 11 is 0. The largest absolute Gasteiger partial charge is 0.342 e. The Bertz CT molecular complexity index is 238. The molecule has 2 rings (SSSR count). The molecular weight excluding hydrogens is 200 g/mol. The summed E-state index contributed by atoms with van der Waals surface area (Å²) in [6.45, 7) is 4.79. The standard InChI is InChI=1S/C13H24N2O/c1-2-10(7-14)6-13(16)15-8-11-4-3-5-12(11)9-15/h10-12H,2-9,14H2,1H3. The monoisotopic (exact) mass is 224 g/mol. The first-order valence-corrected chi connectivity index (χ1v) is 6.72. The highest BCUT2D eigenvalue weighted by Crippen LogP contribution is 2.37. The van der Waals surface area contributed by atoms with E-state index in [0.717, 1.165) is 31.3 Å². The van der Waals surface area contributed by atoms with Gasteiger partial charge in [0.1, 0.15) is 0 Å². The molecule has 1 aliphatic heterocycles. The first-order valence-electron chi connectivity index (χ1n) is 6.72. The van der Waals surface area contributed by atoms with Gasteiger partial charge in [-0.3, -0.25) is 4.79 Å². The van der Waals surface area contributed by atoms with Gasteiger partial charge in [-0.15, -0.1) is 0 Å². The molecule has 92 valence electrons. The van der Waals surface area contributed by atoms with E-state index in [0.29, 0.717) is 24.8 Å². The van der Waals surface area contributed by atoms with Crippen molar-refractivity contribution >= 4 is 5.91 Å². The molecule has 1 amide bonds. The predicted molar refractivity (Wildman–Crippen MR) is 64.9 cm³/mol. The molecular formula is C13H24N2O. The minimum Gasteiger partial charge on any atom is -0.342 e. The fraction of sp³-hybridized carbons (Fsp3) is 0.923. The molecule has 3 unspecified atom stereocenters. The van der Waals surface area contributed by atoms with Crippen LogP contribution in [0.5, 0.6) is 0 Å². The number of rotatable bonds is 4.